The molecule has 2 atom stereocenters. The quantitative estimate of drug-likeness (QED) is 0.0125. The summed E-state index contributed by atoms with van der Waals surface area (Å²) in [6, 6.07) is 29.5. The van der Waals surface area contributed by atoms with Crippen LogP contribution in [0.4, 0.5) is 10.5 Å². The van der Waals surface area contributed by atoms with Crippen LogP contribution in [0.2, 0.25) is 0 Å². The smallest absolute Gasteiger partial charge is 0.407 e. The molecule has 1 heterocycles. The van der Waals surface area contributed by atoms with Crippen LogP contribution in [-0.2, 0) is 60.7 Å². The summed E-state index contributed by atoms with van der Waals surface area (Å²) in [7, 11) is 0. The topological polar surface area (TPSA) is 280 Å². The van der Waals surface area contributed by atoms with Crippen LogP contribution in [-0.4, -0.2) is 112 Å². The largest absolute Gasteiger partial charge is 0.476 e. The van der Waals surface area contributed by atoms with E-state index in [1.165, 1.54) is 12.1 Å². The van der Waals surface area contributed by atoms with Gasteiger partial charge in [-0.05, 0) is 75.1 Å². The molecule has 0 spiro atoms. The standard InChI is InChI=1S/C52H61N7O14/c1-34-27-46(63)72-43-29-39(19-20-40(34)43)71-47(49(65)53-21-23-68-25-26-69-24-22-54-51(67)73-52(2,3)4)37-15-17-38(18-16-37)58-45(62)32-57-59-41(28-35-11-7-5-8-12-35)48(64)56-31-44(61)55-30-42(60)50(66)70-33-36-13-9-6-10-14-36/h5-20,27,29,41,47,57,59H,21-26,28,30-33H2,1-4H3,(H,53,65)(H,54,67)(H,55,61)(H,56,64)(H,58,62)/t41-,47?/m0/s1. The number of hydrogen-bond donors (Lipinski definition) is 7. The van der Waals surface area contributed by atoms with Crippen molar-refractivity contribution in [2.75, 3.05) is 64.5 Å². The first-order valence-electron chi connectivity index (χ1n) is 23.3. The Bertz CT molecular complexity index is 2690. The fourth-order valence-electron chi connectivity index (χ4n) is 6.66. The number of esters is 1. The molecule has 4 aromatic carbocycles. The van der Waals surface area contributed by atoms with E-state index in [1.54, 1.807) is 119 Å². The zero-order chi connectivity index (χ0) is 52.6. The molecule has 21 heteroatoms. The molecule has 0 fully saturated rings. The third-order valence-electron chi connectivity index (χ3n) is 10.2. The molecule has 73 heavy (non-hydrogen) atoms. The van der Waals surface area contributed by atoms with Gasteiger partial charge in [-0.1, -0.05) is 72.8 Å². The molecule has 1 aromatic heterocycles. The fourth-order valence-corrected chi connectivity index (χ4v) is 6.66. The number of hydrazine groups is 1. The molecule has 21 nitrogen and oxygen atoms in total. The lowest BCUT2D eigenvalue weighted by Gasteiger charge is -2.20. The van der Waals surface area contributed by atoms with Crippen LogP contribution in [0.3, 0.4) is 0 Å². The van der Waals surface area contributed by atoms with Gasteiger partial charge in [0.15, 0.2) is 0 Å². The maximum Gasteiger partial charge on any atom is 0.407 e. The number of hydrogen-bond acceptors (Lipinski definition) is 16. The number of carbonyl (C=O) groups excluding carboxylic acids is 7. The van der Waals surface area contributed by atoms with E-state index in [0.717, 1.165) is 5.56 Å². The molecule has 0 saturated carbocycles. The van der Waals surface area contributed by atoms with Gasteiger partial charge in [-0.15, -0.1) is 0 Å². The molecular formula is C52H61N7O14. The second kappa shape index (κ2) is 28.8. The van der Waals surface area contributed by atoms with Crippen molar-refractivity contribution >= 4 is 58.1 Å². The van der Waals surface area contributed by atoms with E-state index in [9.17, 15) is 38.4 Å². The summed E-state index contributed by atoms with van der Waals surface area (Å²) in [6.07, 6.45) is -1.57. The van der Waals surface area contributed by atoms with E-state index in [4.69, 9.17) is 28.1 Å². The minimum atomic E-state index is -1.19. The summed E-state index contributed by atoms with van der Waals surface area (Å²) < 4.78 is 32.8. The lowest BCUT2D eigenvalue weighted by atomic mass is 10.1. The molecule has 0 radical (unpaired) electrons. The van der Waals surface area contributed by atoms with E-state index < -0.39 is 77.9 Å². The molecule has 0 saturated heterocycles. The van der Waals surface area contributed by atoms with E-state index in [-0.39, 0.29) is 70.4 Å². The molecule has 5 rings (SSSR count). The lowest BCUT2D eigenvalue weighted by Crippen LogP contribution is -2.54. The number of benzene rings is 4. The van der Waals surface area contributed by atoms with Crippen LogP contribution in [0.15, 0.2) is 118 Å². The number of anilines is 1. The van der Waals surface area contributed by atoms with Crippen LogP contribution in [0.5, 0.6) is 5.75 Å². The fraction of sp³-hybridized carbons (Fsp3) is 0.346. The first-order valence-corrected chi connectivity index (χ1v) is 23.3. The molecule has 7 N–H and O–H groups in total. The Morgan fingerprint density at radius 2 is 1.32 bits per heavy atom. The molecule has 0 aliphatic rings. The Morgan fingerprint density at radius 1 is 0.658 bits per heavy atom. The van der Waals surface area contributed by atoms with Gasteiger partial charge in [-0.25, -0.2) is 25.2 Å². The number of nitrogens with one attached hydrogen (secondary N) is 7. The second-order valence-electron chi connectivity index (χ2n) is 17.2. The average molecular weight is 1010 g/mol. The summed E-state index contributed by atoms with van der Waals surface area (Å²) in [6.45, 7) is 6.82. The van der Waals surface area contributed by atoms with Crippen molar-refractivity contribution < 1.29 is 61.7 Å². The number of fused-ring (bicyclic) bond motifs is 1. The van der Waals surface area contributed by atoms with Gasteiger partial charge in [0.25, 0.3) is 11.7 Å². The van der Waals surface area contributed by atoms with E-state index in [2.05, 4.69) is 37.4 Å². The van der Waals surface area contributed by atoms with Crippen molar-refractivity contribution in [3.63, 3.8) is 0 Å². The molecule has 5 amide bonds. The number of Topliss-reactive ketones (excluding diaryl/α,β-unsaturated/α-hetero) is 1. The van der Waals surface area contributed by atoms with Gasteiger partial charge in [0.2, 0.25) is 23.8 Å². The summed E-state index contributed by atoms with van der Waals surface area (Å²) in [5.41, 5.74) is 7.71. The van der Waals surface area contributed by atoms with Crippen LogP contribution in [0, 0.1) is 6.92 Å². The first-order chi connectivity index (χ1) is 35.0. The molecule has 0 aliphatic heterocycles. The molecular weight excluding hydrogens is 947 g/mol. The highest BCUT2D eigenvalue weighted by Gasteiger charge is 2.25. The average Bonchev–Trinajstić information content (AvgIpc) is 3.36. The van der Waals surface area contributed by atoms with Crippen molar-refractivity contribution in [2.45, 2.75) is 58.5 Å². The summed E-state index contributed by atoms with van der Waals surface area (Å²) in [5.74, 6) is -4.15. The zero-order valence-electron chi connectivity index (χ0n) is 41.0. The minimum absolute atomic E-state index is 0.107. The SMILES string of the molecule is Cc1cc(=O)oc2cc(OC(C(=O)NCCOCCOCCNC(=O)OC(C)(C)C)c3ccc(NC(=O)CNN[C@@H](Cc4ccccc4)C(=O)NCC(=O)NCC(=O)C(=O)OCc4ccccc4)cc3)ccc12. The number of ether oxygens (including phenoxy) is 5. The van der Waals surface area contributed by atoms with E-state index >= 15 is 0 Å². The van der Waals surface area contributed by atoms with Gasteiger partial charge in [0, 0.05) is 41.9 Å². The zero-order valence-corrected chi connectivity index (χ0v) is 41.0. The molecule has 0 bridgehead atoms. The highest BCUT2D eigenvalue weighted by molar-refractivity contribution is 6.34. The predicted octanol–water partition coefficient (Wildman–Crippen LogP) is 3.08. The second-order valence-corrected chi connectivity index (χ2v) is 17.2. The van der Waals surface area contributed by atoms with Crippen molar-refractivity contribution in [3.05, 3.63) is 142 Å². The third kappa shape index (κ3) is 20.3. The Morgan fingerprint density at radius 3 is 1.99 bits per heavy atom. The Hall–Kier alpha value is -7.98. The Kier molecular flexibility index (Phi) is 22.0. The predicted molar refractivity (Wildman–Crippen MR) is 267 cm³/mol. The van der Waals surface area contributed by atoms with Crippen molar-refractivity contribution in [3.8, 4) is 5.75 Å². The van der Waals surface area contributed by atoms with Crippen molar-refractivity contribution in [2.24, 2.45) is 0 Å². The number of aryl methyl sites for hydroxylation is 1. The van der Waals surface area contributed by atoms with E-state index in [1.807, 2.05) is 6.07 Å². The van der Waals surface area contributed by atoms with Gasteiger partial charge < -0.3 is 54.7 Å². The van der Waals surface area contributed by atoms with Crippen LogP contribution in [0.1, 0.15) is 49.1 Å². The normalized spacial score (nSPS) is 11.9. The highest BCUT2D eigenvalue weighted by atomic mass is 16.6. The van der Waals surface area contributed by atoms with Crippen LogP contribution in [0.25, 0.3) is 11.0 Å². The Labute approximate surface area is 421 Å². The highest BCUT2D eigenvalue weighted by Crippen LogP contribution is 2.28. The summed E-state index contributed by atoms with van der Waals surface area (Å²) >= 11 is 0. The monoisotopic (exact) mass is 1010 g/mol. The summed E-state index contributed by atoms with van der Waals surface area (Å²) in [5, 5.41) is 13.7. The van der Waals surface area contributed by atoms with Gasteiger partial charge in [0.05, 0.1) is 46.1 Å². The summed E-state index contributed by atoms with van der Waals surface area (Å²) in [4.78, 5) is 101. The van der Waals surface area contributed by atoms with Gasteiger partial charge >= 0.3 is 17.7 Å². The van der Waals surface area contributed by atoms with Crippen molar-refractivity contribution in [1.29, 1.82) is 0 Å². The third-order valence-corrected chi connectivity index (χ3v) is 10.2. The Balaban J connectivity index is 1.11. The number of rotatable bonds is 28. The number of ketones is 1. The maximum atomic E-state index is 13.7. The van der Waals surface area contributed by atoms with E-state index in [0.29, 0.717) is 27.8 Å². The van der Waals surface area contributed by atoms with Gasteiger partial charge in [0.1, 0.15) is 29.6 Å². The van der Waals surface area contributed by atoms with Crippen molar-refractivity contribution in [1.82, 2.24) is 32.1 Å². The number of alkyl carbamates (subject to hydrolysis) is 1. The number of amides is 5. The van der Waals surface area contributed by atoms with Gasteiger partial charge in [-0.3, -0.25) is 24.0 Å². The molecule has 388 valence electrons. The molecule has 5 aromatic rings. The first kappa shape index (κ1) is 55.9. The van der Waals surface area contributed by atoms with Crippen LogP contribution >= 0.6 is 0 Å². The lowest BCUT2D eigenvalue weighted by molar-refractivity contribution is -0.154. The van der Waals surface area contributed by atoms with Gasteiger partial charge in [-0.2, -0.15) is 0 Å². The molecule has 1 unspecified atom stereocenters. The maximum absolute atomic E-state index is 13.7. The number of carbonyl (C=O) groups is 7. The molecule has 0 aliphatic carbocycles. The minimum Gasteiger partial charge on any atom is -0.476 e. The van der Waals surface area contributed by atoms with Crippen LogP contribution < -0.4 is 47.8 Å².